The van der Waals surface area contributed by atoms with E-state index in [-0.39, 0.29) is 34.5 Å². The van der Waals surface area contributed by atoms with Crippen molar-refractivity contribution in [3.63, 3.8) is 0 Å². The van der Waals surface area contributed by atoms with E-state index in [2.05, 4.69) is 259 Å². The van der Waals surface area contributed by atoms with Gasteiger partial charge < -0.3 is 19.1 Å². The fourth-order valence-electron chi connectivity index (χ4n) is 13.1. The maximum Gasteiger partial charge on any atom is 2.00 e. The molecule has 2 aliphatic heterocycles. The molecule has 0 atom stereocenters. The van der Waals surface area contributed by atoms with Crippen molar-refractivity contribution < 1.29 is 21.1 Å². The van der Waals surface area contributed by atoms with Crippen LogP contribution in [0.25, 0.3) is 77.5 Å². The van der Waals surface area contributed by atoms with Crippen LogP contribution in [0.3, 0.4) is 0 Å². The zero-order valence-corrected chi connectivity index (χ0v) is 47.3. The molecule has 0 radical (unpaired) electrons. The minimum atomic E-state index is 0. The van der Waals surface area contributed by atoms with Crippen LogP contribution in [0.1, 0.15) is 101 Å². The number of hydrogen-bond acceptors (Lipinski definition) is 2. The Kier molecular flexibility index (Phi) is 13.1. The predicted octanol–water partition coefficient (Wildman–Crippen LogP) is 13.4. The summed E-state index contributed by atoms with van der Waals surface area (Å²) in [6.07, 6.45) is 3.83. The molecule has 0 bridgehead atoms. The number of para-hydroxylation sites is 4. The topological polar surface area (TPSA) is 35.6 Å². The second-order valence-corrected chi connectivity index (χ2v) is 22.2. The molecule has 376 valence electrons. The van der Waals surface area contributed by atoms with Gasteiger partial charge in [-0.25, -0.2) is 0 Å². The van der Waals surface area contributed by atoms with Gasteiger partial charge in [0.1, 0.15) is 0 Å². The first-order valence-corrected chi connectivity index (χ1v) is 27.3. The van der Waals surface area contributed by atoms with Crippen LogP contribution >= 0.6 is 0 Å². The fourth-order valence-corrected chi connectivity index (χ4v) is 13.1. The molecule has 0 saturated heterocycles. The summed E-state index contributed by atoms with van der Waals surface area (Å²) in [5.41, 5.74) is 25.3. The van der Waals surface area contributed by atoms with Crippen LogP contribution < -0.4 is 32.8 Å². The van der Waals surface area contributed by atoms with Gasteiger partial charge in [-0.1, -0.05) is 221 Å². The summed E-state index contributed by atoms with van der Waals surface area (Å²) in [4.78, 5) is 9.76. The van der Waals surface area contributed by atoms with E-state index in [0.29, 0.717) is 23.7 Å². The van der Waals surface area contributed by atoms with Crippen molar-refractivity contribution in [3.8, 4) is 33.9 Å². The number of rotatable bonds is 8. The second-order valence-electron chi connectivity index (χ2n) is 22.2. The van der Waals surface area contributed by atoms with Gasteiger partial charge in [-0.05, 0) is 82.8 Å². The Morgan fingerprint density at radius 1 is 0.364 bits per heavy atom. The van der Waals surface area contributed by atoms with E-state index in [0.717, 1.165) is 33.9 Å². The summed E-state index contributed by atoms with van der Waals surface area (Å²) in [5.74, 6) is 1.71. The molecule has 0 N–H and O–H groups in total. The van der Waals surface area contributed by atoms with Gasteiger partial charge in [0.2, 0.25) is 0 Å². The van der Waals surface area contributed by atoms with Gasteiger partial charge in [-0.2, -0.15) is 0 Å². The Hall–Kier alpha value is -7.52. The molecule has 0 amide bonds. The molecule has 0 saturated carbocycles. The Bertz CT molecular complexity index is 3810. The average molecular weight is 1170 g/mol. The Labute approximate surface area is 468 Å². The monoisotopic (exact) mass is 1170 g/mol. The molecular weight excluding hydrogens is 1110 g/mol. The van der Waals surface area contributed by atoms with Crippen molar-refractivity contribution in [3.05, 3.63) is 229 Å². The zero-order valence-electron chi connectivity index (χ0n) is 45.0. The maximum absolute atomic E-state index is 4.88. The van der Waals surface area contributed by atoms with Crippen LogP contribution in [0.2, 0.25) is 0 Å². The van der Waals surface area contributed by atoms with Crippen molar-refractivity contribution in [2.24, 2.45) is 0 Å². The van der Waals surface area contributed by atoms with E-state index in [1.165, 1.54) is 98.6 Å². The van der Waals surface area contributed by atoms with E-state index < -0.39 is 0 Å². The fraction of sp³-hybridized carbons (Fsp3) is 0.171. The van der Waals surface area contributed by atoms with Crippen molar-refractivity contribution in [1.29, 1.82) is 0 Å². The summed E-state index contributed by atoms with van der Waals surface area (Å²) < 4.78 is 4.79. The van der Waals surface area contributed by atoms with E-state index in [4.69, 9.17) is 9.97 Å². The molecular formula is C70H60B2N4Pt. The van der Waals surface area contributed by atoms with Gasteiger partial charge in [0, 0.05) is 56.0 Å². The molecule has 6 heterocycles. The number of benzene rings is 8. The quantitative estimate of drug-likeness (QED) is 0.112. The number of pyridine rings is 2. The summed E-state index contributed by atoms with van der Waals surface area (Å²) in [6, 6.07) is 73.8. The molecule has 0 spiro atoms. The minimum absolute atomic E-state index is 0. The molecule has 0 fully saturated rings. The van der Waals surface area contributed by atoms with Gasteiger partial charge in [-0.3, -0.25) is 0 Å². The van der Waals surface area contributed by atoms with Gasteiger partial charge in [0.25, 0.3) is 0 Å². The second kappa shape index (κ2) is 20.1. The normalized spacial score (nSPS) is 12.5. The van der Waals surface area contributed by atoms with Crippen molar-refractivity contribution in [2.75, 3.05) is 0 Å². The SMILES string of the molecule is CC(C)c1cccc(C(C)C)c1B1c2cc(-n3c4ccccc4c4ccccc43)c[c-]c2-c2ncccc21.CC(C)c1cccc(C(C)C)c1B1c2cc(-n3c4ccccc4c4ccccc43)c[c-]c2-c2ncccc21.[Pt+2]. The van der Waals surface area contributed by atoms with Crippen LogP contribution in [0.4, 0.5) is 0 Å². The third-order valence-corrected chi connectivity index (χ3v) is 16.4. The predicted molar refractivity (Wildman–Crippen MR) is 324 cm³/mol. The van der Waals surface area contributed by atoms with E-state index in [1.807, 2.05) is 12.4 Å². The molecule has 14 rings (SSSR count). The summed E-state index contributed by atoms with van der Waals surface area (Å²) in [6.45, 7) is 18.7. The first kappa shape index (κ1) is 50.3. The van der Waals surface area contributed by atoms with Crippen LogP contribution in [0, 0.1) is 12.1 Å². The van der Waals surface area contributed by atoms with Gasteiger partial charge >= 0.3 is 21.1 Å². The molecule has 12 aromatic rings. The number of aromatic nitrogens is 4. The summed E-state index contributed by atoms with van der Waals surface area (Å²) in [5, 5.41) is 5.10. The summed E-state index contributed by atoms with van der Waals surface area (Å²) in [7, 11) is 0. The third-order valence-electron chi connectivity index (χ3n) is 16.4. The Balaban J connectivity index is 0.000000153. The first-order chi connectivity index (χ1) is 37.1. The van der Waals surface area contributed by atoms with Crippen LogP contribution in [0.15, 0.2) is 194 Å². The van der Waals surface area contributed by atoms with Crippen LogP contribution in [-0.4, -0.2) is 32.5 Å². The van der Waals surface area contributed by atoms with Crippen LogP contribution in [0.5, 0.6) is 0 Å². The van der Waals surface area contributed by atoms with E-state index in [9.17, 15) is 0 Å². The Morgan fingerprint density at radius 2 is 0.675 bits per heavy atom. The van der Waals surface area contributed by atoms with Crippen molar-refractivity contribution in [2.45, 2.75) is 79.1 Å². The Morgan fingerprint density at radius 3 is 0.987 bits per heavy atom. The zero-order chi connectivity index (χ0) is 51.9. The third kappa shape index (κ3) is 8.17. The summed E-state index contributed by atoms with van der Waals surface area (Å²) >= 11 is 0. The molecule has 4 nitrogen and oxygen atoms in total. The smallest absolute Gasteiger partial charge is 0.351 e. The van der Waals surface area contributed by atoms with Gasteiger partial charge in [-0.15, -0.1) is 58.5 Å². The molecule has 4 aromatic heterocycles. The standard InChI is InChI=1S/2C35H30BN2.Pt/c2*1-22(2)25-13-9-14-26(23(3)4)34(25)36-30-15-10-20-37-35(30)29-19-18-24(21-31(29)36)38-32-16-7-5-11-27(32)28-12-6-8-17-33(28)38;/h2*5-18,20-23H,1-4H3;/q2*-1;+2. The van der Waals surface area contributed by atoms with Crippen molar-refractivity contribution in [1.82, 2.24) is 19.1 Å². The first-order valence-electron chi connectivity index (χ1n) is 27.3. The minimum Gasteiger partial charge on any atom is -0.351 e. The van der Waals surface area contributed by atoms with E-state index in [1.54, 1.807) is 0 Å². The van der Waals surface area contributed by atoms with Gasteiger partial charge in [0.05, 0.1) is 0 Å². The maximum atomic E-state index is 4.88. The van der Waals surface area contributed by atoms with Crippen LogP contribution in [-0.2, 0) is 21.1 Å². The number of fused-ring (bicyclic) bond motifs is 12. The molecule has 2 aliphatic rings. The average Bonchev–Trinajstić information content (AvgIpc) is 4.18. The molecule has 77 heavy (non-hydrogen) atoms. The molecule has 8 aromatic carbocycles. The molecule has 0 aliphatic carbocycles. The largest absolute Gasteiger partial charge is 2.00 e. The van der Waals surface area contributed by atoms with Crippen molar-refractivity contribution >= 4 is 89.8 Å². The number of nitrogens with zero attached hydrogens (tertiary/aromatic N) is 4. The molecule has 7 heteroatoms. The number of hydrogen-bond donors (Lipinski definition) is 0. The molecule has 0 unspecified atom stereocenters. The van der Waals surface area contributed by atoms with E-state index >= 15 is 0 Å². The van der Waals surface area contributed by atoms with Gasteiger partial charge in [0.15, 0.2) is 13.4 Å².